The van der Waals surface area contributed by atoms with E-state index >= 15 is 0 Å². The Balaban J connectivity index is 1.62. The molecule has 0 fully saturated rings. The highest BCUT2D eigenvalue weighted by molar-refractivity contribution is 7.17. The number of amides is 1. The van der Waals surface area contributed by atoms with E-state index in [9.17, 15) is 9.59 Å². The van der Waals surface area contributed by atoms with Crippen molar-refractivity contribution in [2.75, 3.05) is 5.32 Å². The Morgan fingerprint density at radius 3 is 2.76 bits per heavy atom. The van der Waals surface area contributed by atoms with Crippen LogP contribution in [0, 0.1) is 11.3 Å². The number of rotatable bonds is 4. The summed E-state index contributed by atoms with van der Waals surface area (Å²) in [6.07, 6.45) is 1.38. The van der Waals surface area contributed by atoms with Crippen molar-refractivity contribution in [3.05, 3.63) is 81.2 Å². The van der Waals surface area contributed by atoms with Crippen molar-refractivity contribution in [3.63, 3.8) is 0 Å². The van der Waals surface area contributed by atoms with E-state index in [0.29, 0.717) is 21.5 Å². The number of benzene rings is 2. The molecule has 0 spiro atoms. The average molecular weight is 421 g/mol. The fraction of sp³-hybridized carbons (Fsp3) is 0.0476. The SMILES string of the molecule is N#Cc1ccc(NC(=O)Cn2cnc3scc(-c4ccccc4)c3c2=O)cc1Cl. The highest BCUT2D eigenvalue weighted by atomic mass is 35.5. The summed E-state index contributed by atoms with van der Waals surface area (Å²) in [7, 11) is 0. The third kappa shape index (κ3) is 3.76. The van der Waals surface area contributed by atoms with Crippen LogP contribution in [0.5, 0.6) is 0 Å². The molecule has 0 aliphatic heterocycles. The van der Waals surface area contributed by atoms with Gasteiger partial charge in [0.1, 0.15) is 17.4 Å². The summed E-state index contributed by atoms with van der Waals surface area (Å²) in [6.45, 7) is -0.191. The van der Waals surface area contributed by atoms with Gasteiger partial charge in [0.25, 0.3) is 5.56 Å². The number of aromatic nitrogens is 2. The van der Waals surface area contributed by atoms with E-state index in [1.165, 1.54) is 34.4 Å². The third-order valence-corrected chi connectivity index (χ3v) is 5.53. The molecule has 29 heavy (non-hydrogen) atoms. The number of hydrogen-bond donors (Lipinski definition) is 1. The van der Waals surface area contributed by atoms with Gasteiger partial charge in [0.15, 0.2) is 0 Å². The Bertz CT molecular complexity index is 1320. The van der Waals surface area contributed by atoms with Crippen LogP contribution in [-0.4, -0.2) is 15.5 Å². The molecule has 0 saturated carbocycles. The summed E-state index contributed by atoms with van der Waals surface area (Å²) in [5.41, 5.74) is 2.22. The molecule has 0 radical (unpaired) electrons. The Kier molecular flexibility index (Phi) is 5.12. The second-order valence-corrected chi connectivity index (χ2v) is 7.49. The largest absolute Gasteiger partial charge is 0.324 e. The first-order chi connectivity index (χ1) is 14.1. The van der Waals surface area contributed by atoms with Crippen molar-refractivity contribution < 1.29 is 4.79 Å². The molecule has 142 valence electrons. The van der Waals surface area contributed by atoms with Crippen molar-refractivity contribution in [1.82, 2.24) is 9.55 Å². The Morgan fingerprint density at radius 1 is 1.24 bits per heavy atom. The van der Waals surface area contributed by atoms with Gasteiger partial charge in [0, 0.05) is 16.6 Å². The zero-order chi connectivity index (χ0) is 20.4. The van der Waals surface area contributed by atoms with Crippen molar-refractivity contribution in [3.8, 4) is 17.2 Å². The molecular weight excluding hydrogens is 408 g/mol. The zero-order valence-corrected chi connectivity index (χ0v) is 16.5. The fourth-order valence-electron chi connectivity index (χ4n) is 2.95. The van der Waals surface area contributed by atoms with Gasteiger partial charge in [-0.3, -0.25) is 14.2 Å². The minimum Gasteiger partial charge on any atom is -0.324 e. The van der Waals surface area contributed by atoms with Crippen LogP contribution in [0.1, 0.15) is 5.56 Å². The molecule has 6 nitrogen and oxygen atoms in total. The second-order valence-electron chi connectivity index (χ2n) is 6.23. The Morgan fingerprint density at radius 2 is 2.03 bits per heavy atom. The quantitative estimate of drug-likeness (QED) is 0.533. The summed E-state index contributed by atoms with van der Waals surface area (Å²) in [4.78, 5) is 30.4. The van der Waals surface area contributed by atoms with Crippen LogP contribution in [-0.2, 0) is 11.3 Å². The minimum absolute atomic E-state index is 0.191. The average Bonchev–Trinajstić information content (AvgIpc) is 3.16. The number of nitrogens with one attached hydrogen (secondary N) is 1. The molecule has 0 aliphatic carbocycles. The number of carbonyl (C=O) groups is 1. The summed E-state index contributed by atoms with van der Waals surface area (Å²) in [6, 6.07) is 16.1. The number of hydrogen-bond acceptors (Lipinski definition) is 5. The summed E-state index contributed by atoms with van der Waals surface area (Å²) in [5, 5.41) is 14.2. The molecule has 8 heteroatoms. The number of nitrogens with zero attached hydrogens (tertiary/aromatic N) is 3. The van der Waals surface area contributed by atoms with Crippen molar-refractivity contribution >= 4 is 44.7 Å². The van der Waals surface area contributed by atoms with Crippen LogP contribution < -0.4 is 10.9 Å². The van der Waals surface area contributed by atoms with E-state index in [0.717, 1.165) is 11.1 Å². The van der Waals surface area contributed by atoms with Gasteiger partial charge in [-0.2, -0.15) is 5.26 Å². The molecule has 1 amide bonds. The maximum Gasteiger partial charge on any atom is 0.263 e. The van der Waals surface area contributed by atoms with Crippen molar-refractivity contribution in [1.29, 1.82) is 5.26 Å². The molecule has 0 unspecified atom stereocenters. The Labute approximate surface area is 174 Å². The van der Waals surface area contributed by atoms with Crippen LogP contribution in [0.4, 0.5) is 5.69 Å². The first-order valence-electron chi connectivity index (χ1n) is 8.58. The smallest absolute Gasteiger partial charge is 0.263 e. The molecule has 1 N–H and O–H groups in total. The van der Waals surface area contributed by atoms with E-state index in [2.05, 4.69) is 10.3 Å². The number of thiophene rings is 1. The van der Waals surface area contributed by atoms with Gasteiger partial charge in [-0.05, 0) is 23.8 Å². The van der Waals surface area contributed by atoms with Crippen molar-refractivity contribution in [2.24, 2.45) is 0 Å². The summed E-state index contributed by atoms with van der Waals surface area (Å²) < 4.78 is 1.28. The predicted octanol–water partition coefficient (Wildman–Crippen LogP) is 4.29. The Hall–Kier alpha value is -3.47. The standard InChI is InChI=1S/C21H13ClN4O2S/c22-17-8-15(7-6-14(17)9-23)25-18(27)10-26-12-24-20-19(21(26)28)16(11-29-20)13-4-2-1-3-5-13/h1-8,11-12H,10H2,(H,25,27). The highest BCUT2D eigenvalue weighted by Crippen LogP contribution is 2.30. The van der Waals surface area contributed by atoms with E-state index in [4.69, 9.17) is 16.9 Å². The maximum atomic E-state index is 13.0. The summed E-state index contributed by atoms with van der Waals surface area (Å²) >= 11 is 7.38. The lowest BCUT2D eigenvalue weighted by molar-refractivity contribution is -0.116. The van der Waals surface area contributed by atoms with Crippen LogP contribution in [0.15, 0.2) is 65.0 Å². The third-order valence-electron chi connectivity index (χ3n) is 4.33. The van der Waals surface area contributed by atoms with Crippen molar-refractivity contribution in [2.45, 2.75) is 6.54 Å². The molecule has 0 bridgehead atoms. The predicted molar refractivity (Wildman–Crippen MR) is 114 cm³/mol. The van der Waals surface area contributed by atoms with E-state index in [1.807, 2.05) is 41.8 Å². The van der Waals surface area contributed by atoms with Gasteiger partial charge in [0.2, 0.25) is 5.91 Å². The van der Waals surface area contributed by atoms with E-state index in [-0.39, 0.29) is 17.1 Å². The zero-order valence-electron chi connectivity index (χ0n) is 14.9. The van der Waals surface area contributed by atoms with E-state index < -0.39 is 5.91 Å². The first kappa shape index (κ1) is 18.9. The van der Waals surface area contributed by atoms with Gasteiger partial charge >= 0.3 is 0 Å². The van der Waals surface area contributed by atoms with Crippen LogP contribution in [0.25, 0.3) is 21.3 Å². The molecule has 2 aromatic heterocycles. The molecule has 0 saturated heterocycles. The molecule has 4 aromatic rings. The fourth-order valence-corrected chi connectivity index (χ4v) is 4.08. The normalized spacial score (nSPS) is 10.6. The lowest BCUT2D eigenvalue weighted by Gasteiger charge is -2.08. The first-order valence-corrected chi connectivity index (χ1v) is 9.84. The van der Waals surface area contributed by atoms with Crippen LogP contribution in [0.2, 0.25) is 5.02 Å². The topological polar surface area (TPSA) is 87.8 Å². The van der Waals surface area contributed by atoms with Gasteiger partial charge in [-0.1, -0.05) is 41.9 Å². The second kappa shape index (κ2) is 7.87. The molecule has 2 aromatic carbocycles. The van der Waals surface area contributed by atoms with E-state index in [1.54, 1.807) is 6.07 Å². The molecule has 0 atom stereocenters. The molecular formula is C21H13ClN4O2S. The minimum atomic E-state index is -0.398. The lowest BCUT2D eigenvalue weighted by atomic mass is 10.1. The number of fused-ring (bicyclic) bond motifs is 1. The molecule has 4 rings (SSSR count). The summed E-state index contributed by atoms with van der Waals surface area (Å²) in [5.74, 6) is -0.398. The highest BCUT2D eigenvalue weighted by Gasteiger charge is 2.15. The number of carbonyl (C=O) groups excluding carboxylic acids is 1. The maximum absolute atomic E-state index is 13.0. The molecule has 0 aliphatic rings. The van der Waals surface area contributed by atoms with Crippen LogP contribution in [0.3, 0.4) is 0 Å². The van der Waals surface area contributed by atoms with Gasteiger partial charge in [0.05, 0.1) is 22.3 Å². The molecule has 2 heterocycles. The van der Waals surface area contributed by atoms with Gasteiger partial charge in [-0.25, -0.2) is 4.98 Å². The number of anilines is 1. The lowest BCUT2D eigenvalue weighted by Crippen LogP contribution is -2.27. The van der Waals surface area contributed by atoms with Gasteiger partial charge in [-0.15, -0.1) is 11.3 Å². The number of halogens is 1. The number of nitriles is 1. The monoisotopic (exact) mass is 420 g/mol. The van der Waals surface area contributed by atoms with Crippen LogP contribution >= 0.6 is 22.9 Å². The van der Waals surface area contributed by atoms with Gasteiger partial charge < -0.3 is 5.32 Å².